The molecule has 31 heavy (non-hydrogen) atoms. The van der Waals surface area contributed by atoms with Gasteiger partial charge in [0.1, 0.15) is 24.7 Å². The maximum Gasteiger partial charge on any atom is 0.338 e. The van der Waals surface area contributed by atoms with Gasteiger partial charge in [0.15, 0.2) is 0 Å². The van der Waals surface area contributed by atoms with Crippen LogP contribution in [-0.4, -0.2) is 26.8 Å². The molecule has 1 atom stereocenters. The van der Waals surface area contributed by atoms with Gasteiger partial charge in [-0.2, -0.15) is 10.1 Å². The van der Waals surface area contributed by atoms with Crippen molar-refractivity contribution in [3.05, 3.63) is 82.3 Å². The van der Waals surface area contributed by atoms with Crippen LogP contribution in [0.15, 0.2) is 66.1 Å². The summed E-state index contributed by atoms with van der Waals surface area (Å²) in [6.07, 6.45) is 1.22. The molecular formula is C23H23ClN4O3. The summed E-state index contributed by atoms with van der Waals surface area (Å²) in [6, 6.07) is 14.6. The number of fused-ring (bicyclic) bond motifs is 1. The summed E-state index contributed by atoms with van der Waals surface area (Å²) in [5, 5.41) is 8.13. The van der Waals surface area contributed by atoms with Crippen molar-refractivity contribution in [2.45, 2.75) is 39.5 Å². The zero-order valence-corrected chi connectivity index (χ0v) is 18.3. The number of carbonyl (C=O) groups is 1. The average Bonchev–Trinajstić information content (AvgIpc) is 3.19. The fraction of sp³-hybridized carbons (Fsp3) is 0.261. The second-order valence-corrected chi connectivity index (χ2v) is 7.91. The van der Waals surface area contributed by atoms with Crippen molar-refractivity contribution in [2.75, 3.05) is 5.32 Å². The zero-order chi connectivity index (χ0) is 22.0. The molecule has 4 rings (SSSR count). The van der Waals surface area contributed by atoms with Crippen molar-refractivity contribution in [3.63, 3.8) is 0 Å². The molecule has 1 aliphatic heterocycles. The number of anilines is 1. The number of esters is 1. The van der Waals surface area contributed by atoms with E-state index in [0.29, 0.717) is 34.6 Å². The van der Waals surface area contributed by atoms with Crippen molar-refractivity contribution < 1.29 is 14.3 Å². The Morgan fingerprint density at radius 2 is 2.03 bits per heavy atom. The summed E-state index contributed by atoms with van der Waals surface area (Å²) in [7, 11) is 0. The summed E-state index contributed by atoms with van der Waals surface area (Å²) in [5.74, 6) is 0.825. The number of nitrogens with one attached hydrogen (secondary N) is 1. The lowest BCUT2D eigenvalue weighted by molar-refractivity contribution is -0.143. The first-order valence-electron chi connectivity index (χ1n) is 9.98. The average molecular weight is 439 g/mol. The molecule has 0 radical (unpaired) electrons. The van der Waals surface area contributed by atoms with E-state index in [2.05, 4.69) is 15.4 Å². The first-order chi connectivity index (χ1) is 14.9. The van der Waals surface area contributed by atoms with E-state index in [1.54, 1.807) is 4.68 Å². The Kier molecular flexibility index (Phi) is 5.95. The number of carbonyl (C=O) groups excluding carboxylic acids is 1. The van der Waals surface area contributed by atoms with Crippen LogP contribution in [0, 0.1) is 0 Å². The number of benzene rings is 2. The molecule has 1 unspecified atom stereocenters. The van der Waals surface area contributed by atoms with E-state index < -0.39 is 12.0 Å². The summed E-state index contributed by atoms with van der Waals surface area (Å²) in [5.41, 5.74) is 2.89. The van der Waals surface area contributed by atoms with Gasteiger partial charge in [-0.25, -0.2) is 9.48 Å². The molecule has 1 aliphatic rings. The van der Waals surface area contributed by atoms with E-state index in [1.807, 2.05) is 69.3 Å². The van der Waals surface area contributed by atoms with Crippen LogP contribution in [0.4, 0.5) is 5.95 Å². The lowest BCUT2D eigenvalue weighted by atomic mass is 9.95. The molecule has 160 valence electrons. The van der Waals surface area contributed by atoms with Gasteiger partial charge in [0, 0.05) is 16.3 Å². The highest BCUT2D eigenvalue weighted by molar-refractivity contribution is 6.31. The normalized spacial score (nSPS) is 15.5. The monoisotopic (exact) mass is 438 g/mol. The topological polar surface area (TPSA) is 78.3 Å². The predicted molar refractivity (Wildman–Crippen MR) is 118 cm³/mol. The van der Waals surface area contributed by atoms with E-state index in [0.717, 1.165) is 11.1 Å². The third-order valence-electron chi connectivity index (χ3n) is 4.88. The molecule has 0 bridgehead atoms. The van der Waals surface area contributed by atoms with E-state index in [4.69, 9.17) is 21.1 Å². The SMILES string of the molecule is CC1=C(C(=O)OC(C)C)C(c2cccc(OCc3ccccc3Cl)c2)n2ncnc2N1. The fourth-order valence-corrected chi connectivity index (χ4v) is 3.68. The molecule has 8 heteroatoms. The summed E-state index contributed by atoms with van der Waals surface area (Å²) in [6.45, 7) is 5.81. The highest BCUT2D eigenvalue weighted by Gasteiger charge is 2.34. The molecule has 0 fully saturated rings. The Morgan fingerprint density at radius 1 is 1.23 bits per heavy atom. The van der Waals surface area contributed by atoms with Crippen LogP contribution < -0.4 is 10.1 Å². The van der Waals surface area contributed by atoms with Gasteiger partial charge in [-0.05, 0) is 44.5 Å². The highest BCUT2D eigenvalue weighted by Crippen LogP contribution is 2.36. The molecule has 1 aromatic heterocycles. The number of hydrogen-bond donors (Lipinski definition) is 1. The number of rotatable bonds is 6. The van der Waals surface area contributed by atoms with E-state index in [9.17, 15) is 4.79 Å². The van der Waals surface area contributed by atoms with Crippen molar-refractivity contribution >= 4 is 23.5 Å². The van der Waals surface area contributed by atoms with E-state index in [1.165, 1.54) is 6.33 Å². The minimum Gasteiger partial charge on any atom is -0.489 e. The van der Waals surface area contributed by atoms with Gasteiger partial charge < -0.3 is 14.8 Å². The van der Waals surface area contributed by atoms with Crippen molar-refractivity contribution in [1.29, 1.82) is 0 Å². The Balaban J connectivity index is 1.67. The highest BCUT2D eigenvalue weighted by atomic mass is 35.5. The van der Waals surface area contributed by atoms with Crippen molar-refractivity contribution in [2.24, 2.45) is 0 Å². The Bertz CT molecular complexity index is 1140. The molecule has 0 saturated heterocycles. The number of allylic oxidation sites excluding steroid dienone is 1. The number of hydrogen-bond acceptors (Lipinski definition) is 6. The number of ether oxygens (including phenoxy) is 2. The third kappa shape index (κ3) is 4.41. The third-order valence-corrected chi connectivity index (χ3v) is 5.25. The molecule has 0 amide bonds. The maximum absolute atomic E-state index is 12.9. The van der Waals surface area contributed by atoms with Crippen LogP contribution in [-0.2, 0) is 16.1 Å². The van der Waals surface area contributed by atoms with Gasteiger partial charge >= 0.3 is 5.97 Å². The Morgan fingerprint density at radius 3 is 2.81 bits per heavy atom. The first-order valence-corrected chi connectivity index (χ1v) is 10.4. The van der Waals surface area contributed by atoms with Gasteiger partial charge in [-0.3, -0.25) is 0 Å². The van der Waals surface area contributed by atoms with Crippen LogP contribution in [0.1, 0.15) is 37.9 Å². The van der Waals surface area contributed by atoms with Crippen LogP contribution in [0.5, 0.6) is 5.75 Å². The number of aromatic nitrogens is 3. The lowest BCUT2D eigenvalue weighted by Crippen LogP contribution is -2.30. The number of halogens is 1. The fourth-order valence-electron chi connectivity index (χ4n) is 3.49. The Labute approximate surface area is 185 Å². The smallest absolute Gasteiger partial charge is 0.338 e. The first kappa shape index (κ1) is 20.9. The van der Waals surface area contributed by atoms with Crippen LogP contribution in [0.25, 0.3) is 0 Å². The van der Waals surface area contributed by atoms with Crippen LogP contribution in [0.2, 0.25) is 5.02 Å². The molecule has 0 spiro atoms. The standard InChI is InChI=1S/C23H23ClN4O3/c1-14(2)31-22(29)20-15(3)27-23-25-13-26-28(23)21(20)16-8-6-9-18(11-16)30-12-17-7-4-5-10-19(17)24/h4-11,13-14,21H,12H2,1-3H3,(H,25,26,27). The second-order valence-electron chi connectivity index (χ2n) is 7.50. The predicted octanol–water partition coefficient (Wildman–Crippen LogP) is 4.75. The molecule has 0 aliphatic carbocycles. The summed E-state index contributed by atoms with van der Waals surface area (Å²) >= 11 is 6.24. The minimum atomic E-state index is -0.492. The van der Waals surface area contributed by atoms with Gasteiger partial charge in [0.25, 0.3) is 0 Å². The maximum atomic E-state index is 12.9. The number of nitrogens with zero attached hydrogens (tertiary/aromatic N) is 3. The molecule has 7 nitrogen and oxygen atoms in total. The Hall–Kier alpha value is -3.32. The minimum absolute atomic E-state index is 0.240. The summed E-state index contributed by atoms with van der Waals surface area (Å²) < 4.78 is 13.2. The molecular weight excluding hydrogens is 416 g/mol. The molecule has 1 N–H and O–H groups in total. The van der Waals surface area contributed by atoms with Gasteiger partial charge in [-0.15, -0.1) is 0 Å². The molecule has 3 aromatic rings. The van der Waals surface area contributed by atoms with Crippen molar-refractivity contribution in [3.8, 4) is 5.75 Å². The van der Waals surface area contributed by atoms with Crippen molar-refractivity contribution in [1.82, 2.24) is 14.8 Å². The zero-order valence-electron chi connectivity index (χ0n) is 17.5. The van der Waals surface area contributed by atoms with E-state index in [-0.39, 0.29) is 6.10 Å². The molecule has 0 saturated carbocycles. The van der Waals surface area contributed by atoms with Crippen LogP contribution >= 0.6 is 11.6 Å². The van der Waals surface area contributed by atoms with Crippen LogP contribution in [0.3, 0.4) is 0 Å². The molecule has 2 heterocycles. The largest absolute Gasteiger partial charge is 0.489 e. The van der Waals surface area contributed by atoms with Gasteiger partial charge in [0.05, 0.1) is 11.7 Å². The van der Waals surface area contributed by atoms with E-state index >= 15 is 0 Å². The molecule has 2 aromatic carbocycles. The quantitative estimate of drug-likeness (QED) is 0.559. The van der Waals surface area contributed by atoms with Gasteiger partial charge in [-0.1, -0.05) is 41.9 Å². The summed E-state index contributed by atoms with van der Waals surface area (Å²) in [4.78, 5) is 17.2. The lowest BCUT2D eigenvalue weighted by Gasteiger charge is -2.28. The second kappa shape index (κ2) is 8.81. The van der Waals surface area contributed by atoms with Gasteiger partial charge in [0.2, 0.25) is 5.95 Å².